The summed E-state index contributed by atoms with van der Waals surface area (Å²) in [5, 5.41) is 1.12. The number of nitrogens with zero attached hydrogens (tertiary/aromatic N) is 1. The van der Waals surface area contributed by atoms with Gasteiger partial charge in [-0.05, 0) is 23.8 Å². The molecule has 26 heavy (non-hydrogen) atoms. The van der Waals surface area contributed by atoms with Crippen LogP contribution >= 0.6 is 0 Å². The molecule has 1 aromatic heterocycles. The molecule has 7 nitrogen and oxygen atoms in total. The van der Waals surface area contributed by atoms with Crippen molar-refractivity contribution in [3.8, 4) is 0 Å². The minimum absolute atomic E-state index is 0.170. The third kappa shape index (κ3) is 4.40. The van der Waals surface area contributed by atoms with Gasteiger partial charge < -0.3 is 14.6 Å². The number of rotatable bonds is 6. The Hall–Kier alpha value is -2.87. The number of amides is 1. The smallest absolute Gasteiger partial charge is 0.355 e. The van der Waals surface area contributed by atoms with Gasteiger partial charge in [0.05, 0.1) is 11.8 Å². The predicted octanol–water partition coefficient (Wildman–Crippen LogP) is 1.51. The van der Waals surface area contributed by atoms with Crippen LogP contribution in [-0.4, -0.2) is 48.6 Å². The molecule has 8 heteroatoms. The minimum atomic E-state index is -3.32. The quantitative estimate of drug-likeness (QED) is 0.773. The molecule has 2 aromatic rings. The molecule has 0 spiro atoms. The van der Waals surface area contributed by atoms with Crippen LogP contribution in [0, 0.1) is 0 Å². The number of aromatic amines is 1. The fourth-order valence-corrected chi connectivity index (χ4v) is 3.97. The van der Waals surface area contributed by atoms with E-state index in [0.717, 1.165) is 11.0 Å². The summed E-state index contributed by atoms with van der Waals surface area (Å²) in [5.41, 5.74) is 1.10. The van der Waals surface area contributed by atoms with Gasteiger partial charge >= 0.3 is 5.97 Å². The molecule has 1 aliphatic rings. The Kier molecular flexibility index (Phi) is 5.22. The van der Waals surface area contributed by atoms with E-state index in [-0.39, 0.29) is 18.0 Å². The lowest BCUT2D eigenvalue weighted by molar-refractivity contribution is -0.136. The topological polar surface area (TPSA) is 96.5 Å². The third-order valence-corrected chi connectivity index (χ3v) is 5.35. The number of benzene rings is 1. The van der Waals surface area contributed by atoms with Gasteiger partial charge in [-0.15, -0.1) is 0 Å². The number of esters is 1. The highest BCUT2D eigenvalue weighted by Gasteiger charge is 2.30. The van der Waals surface area contributed by atoms with Gasteiger partial charge in [0.15, 0.2) is 16.4 Å². The molecule has 0 saturated carbocycles. The van der Waals surface area contributed by atoms with E-state index in [1.807, 2.05) is 30.3 Å². The van der Waals surface area contributed by atoms with Crippen molar-refractivity contribution in [2.75, 3.05) is 12.4 Å². The molecule has 1 aromatic carbocycles. The van der Waals surface area contributed by atoms with Crippen LogP contribution < -0.4 is 0 Å². The maximum atomic E-state index is 12.6. The zero-order valence-corrected chi connectivity index (χ0v) is 14.7. The molecule has 0 bridgehead atoms. The van der Waals surface area contributed by atoms with Crippen molar-refractivity contribution < 1.29 is 22.7 Å². The summed E-state index contributed by atoms with van der Waals surface area (Å²) < 4.78 is 28.5. The van der Waals surface area contributed by atoms with Gasteiger partial charge in [0, 0.05) is 18.1 Å². The molecule has 0 unspecified atom stereocenters. The molecule has 0 radical (unpaired) electrons. The summed E-state index contributed by atoms with van der Waals surface area (Å²) >= 11 is 0. The van der Waals surface area contributed by atoms with Gasteiger partial charge in [0.25, 0.3) is 5.91 Å². The molecule has 0 saturated heterocycles. The van der Waals surface area contributed by atoms with E-state index >= 15 is 0 Å². The molecule has 1 amide bonds. The van der Waals surface area contributed by atoms with E-state index < -0.39 is 34.4 Å². The average Bonchev–Trinajstić information content (AvgIpc) is 3.28. The van der Waals surface area contributed by atoms with Crippen molar-refractivity contribution >= 4 is 21.7 Å². The van der Waals surface area contributed by atoms with Gasteiger partial charge in [-0.25, -0.2) is 13.2 Å². The zero-order chi connectivity index (χ0) is 18.6. The van der Waals surface area contributed by atoms with Gasteiger partial charge in [-0.2, -0.15) is 0 Å². The summed E-state index contributed by atoms with van der Waals surface area (Å²) in [6.45, 7) is -0.237. The first-order chi connectivity index (χ1) is 12.4. The van der Waals surface area contributed by atoms with Crippen molar-refractivity contribution in [3.05, 3.63) is 71.4 Å². The van der Waals surface area contributed by atoms with E-state index in [4.69, 9.17) is 4.74 Å². The van der Waals surface area contributed by atoms with E-state index in [0.29, 0.717) is 0 Å². The standard InChI is InChI=1S/C18H18N2O5S/c21-17(12-25-18(22)16-7-4-9-19-16)20(11-14-5-2-1-3-6-14)15-8-10-26(23,24)13-15/h1-10,15,19H,11-13H2/t15-/m1/s1. The van der Waals surface area contributed by atoms with Gasteiger partial charge in [-0.3, -0.25) is 4.79 Å². The largest absolute Gasteiger partial charge is 0.451 e. The molecule has 2 heterocycles. The Bertz CT molecular complexity index is 904. The molecule has 1 atom stereocenters. The van der Waals surface area contributed by atoms with Crippen molar-refractivity contribution in [2.45, 2.75) is 12.6 Å². The molecule has 1 N–H and O–H groups in total. The molecule has 1 aliphatic heterocycles. The number of sulfone groups is 1. The van der Waals surface area contributed by atoms with Crippen LogP contribution in [0.25, 0.3) is 0 Å². The number of carbonyl (C=O) groups is 2. The number of nitrogens with one attached hydrogen (secondary N) is 1. The monoisotopic (exact) mass is 374 g/mol. The van der Waals surface area contributed by atoms with Crippen molar-refractivity contribution in [3.63, 3.8) is 0 Å². The highest BCUT2D eigenvalue weighted by atomic mass is 32.2. The van der Waals surface area contributed by atoms with E-state index in [1.54, 1.807) is 18.3 Å². The lowest BCUT2D eigenvalue weighted by atomic mass is 10.2. The molecule has 0 fully saturated rings. The Morgan fingerprint density at radius 2 is 1.92 bits per heavy atom. The summed E-state index contributed by atoms with van der Waals surface area (Å²) in [7, 11) is -3.32. The van der Waals surface area contributed by atoms with Crippen LogP contribution in [0.4, 0.5) is 0 Å². The Balaban J connectivity index is 1.71. The van der Waals surface area contributed by atoms with Crippen LogP contribution in [0.1, 0.15) is 16.1 Å². The third-order valence-electron chi connectivity index (χ3n) is 3.97. The second kappa shape index (κ2) is 7.57. The van der Waals surface area contributed by atoms with Crippen molar-refractivity contribution in [1.29, 1.82) is 0 Å². The van der Waals surface area contributed by atoms with Gasteiger partial charge in [0.1, 0.15) is 5.69 Å². The predicted molar refractivity (Wildman–Crippen MR) is 94.8 cm³/mol. The molecular weight excluding hydrogens is 356 g/mol. The second-order valence-corrected chi connectivity index (χ2v) is 7.82. The summed E-state index contributed by atoms with van der Waals surface area (Å²) in [5.74, 6) is -1.27. The molecule has 0 aliphatic carbocycles. The maximum absolute atomic E-state index is 12.6. The first kappa shape index (κ1) is 17.9. The van der Waals surface area contributed by atoms with Crippen LogP contribution in [0.2, 0.25) is 0 Å². The highest BCUT2D eigenvalue weighted by Crippen LogP contribution is 2.18. The fourth-order valence-electron chi connectivity index (χ4n) is 2.67. The lowest BCUT2D eigenvalue weighted by Crippen LogP contribution is -2.42. The number of carbonyl (C=O) groups excluding carboxylic acids is 2. The van der Waals surface area contributed by atoms with E-state index in [9.17, 15) is 18.0 Å². The maximum Gasteiger partial charge on any atom is 0.355 e. The minimum Gasteiger partial charge on any atom is -0.451 e. The van der Waals surface area contributed by atoms with Gasteiger partial charge in [-0.1, -0.05) is 30.3 Å². The zero-order valence-electron chi connectivity index (χ0n) is 13.9. The summed E-state index contributed by atoms with van der Waals surface area (Å²) in [4.78, 5) is 28.6. The second-order valence-electron chi connectivity index (χ2n) is 5.89. The normalized spacial score (nSPS) is 17.8. The highest BCUT2D eigenvalue weighted by molar-refractivity contribution is 7.94. The molecular formula is C18H18N2O5S. The van der Waals surface area contributed by atoms with Crippen LogP contribution in [-0.2, 0) is 25.9 Å². The van der Waals surface area contributed by atoms with Crippen LogP contribution in [0.5, 0.6) is 0 Å². The number of hydrogen-bond acceptors (Lipinski definition) is 5. The Labute approximate surface area is 151 Å². The first-order valence-corrected chi connectivity index (χ1v) is 9.71. The van der Waals surface area contributed by atoms with Crippen LogP contribution in [0.3, 0.4) is 0 Å². The number of aromatic nitrogens is 1. The fraction of sp³-hybridized carbons (Fsp3) is 0.222. The van der Waals surface area contributed by atoms with Crippen molar-refractivity contribution in [2.24, 2.45) is 0 Å². The number of hydrogen-bond donors (Lipinski definition) is 1. The van der Waals surface area contributed by atoms with E-state index in [1.165, 1.54) is 11.0 Å². The van der Waals surface area contributed by atoms with Crippen LogP contribution in [0.15, 0.2) is 60.1 Å². The lowest BCUT2D eigenvalue weighted by Gasteiger charge is -2.27. The van der Waals surface area contributed by atoms with E-state index in [2.05, 4.69) is 4.98 Å². The van der Waals surface area contributed by atoms with Crippen molar-refractivity contribution in [1.82, 2.24) is 9.88 Å². The first-order valence-electron chi connectivity index (χ1n) is 7.99. The molecule has 3 rings (SSSR count). The Morgan fingerprint density at radius 3 is 2.54 bits per heavy atom. The van der Waals surface area contributed by atoms with Gasteiger partial charge in [0.2, 0.25) is 0 Å². The SMILES string of the molecule is O=C(OCC(=O)N(Cc1ccccc1)[C@@H]1C=CS(=O)(=O)C1)c1ccc[nH]1. The average molecular weight is 374 g/mol. The summed E-state index contributed by atoms with van der Waals surface area (Å²) in [6.07, 6.45) is 3.07. The Morgan fingerprint density at radius 1 is 1.15 bits per heavy atom. The molecule has 136 valence electrons. The number of H-pyrrole nitrogens is 1. The number of ether oxygens (including phenoxy) is 1. The summed E-state index contributed by atoms with van der Waals surface area (Å²) in [6, 6.07) is 11.8.